The van der Waals surface area contributed by atoms with Crippen LogP contribution in [0.5, 0.6) is 0 Å². The van der Waals surface area contributed by atoms with E-state index in [1.165, 1.54) is 18.2 Å². The van der Waals surface area contributed by atoms with Gasteiger partial charge >= 0.3 is 0 Å². The summed E-state index contributed by atoms with van der Waals surface area (Å²) in [7, 11) is 0. The molecule has 1 aliphatic heterocycles. The molecule has 1 aromatic rings. The molecule has 0 bridgehead atoms. The van der Waals surface area contributed by atoms with Crippen molar-refractivity contribution in [1.29, 1.82) is 0 Å². The van der Waals surface area contributed by atoms with Crippen LogP contribution < -0.4 is 5.32 Å². The quantitative estimate of drug-likeness (QED) is 0.863. The zero-order valence-corrected chi connectivity index (χ0v) is 13.7. The van der Waals surface area contributed by atoms with Crippen LogP contribution in [0.1, 0.15) is 30.6 Å². The molecule has 0 aromatic heterocycles. The number of nitrogens with one attached hydrogen (secondary N) is 1. The summed E-state index contributed by atoms with van der Waals surface area (Å²) in [6.45, 7) is 5.93. The summed E-state index contributed by atoms with van der Waals surface area (Å²) in [5.41, 5.74) is 0.323. The summed E-state index contributed by atoms with van der Waals surface area (Å²) in [5, 5.41) is 3.23. The van der Waals surface area contributed by atoms with Crippen LogP contribution in [0.4, 0.5) is 4.39 Å². The molecule has 1 amide bonds. The molecule has 1 unspecified atom stereocenters. The number of carbonyl (C=O) groups excluding carboxylic acids is 2. The van der Waals surface area contributed by atoms with Gasteiger partial charge in [-0.05, 0) is 19.1 Å². The van der Waals surface area contributed by atoms with E-state index in [9.17, 15) is 14.0 Å². The molecular weight excluding hydrogens is 307 g/mol. The minimum atomic E-state index is -0.443. The second kappa shape index (κ2) is 8.25. The smallest absolute Gasteiger partial charge is 0.223 e. The fourth-order valence-electron chi connectivity index (χ4n) is 2.61. The maximum absolute atomic E-state index is 13.2. The Labute approximate surface area is 136 Å². The highest BCUT2D eigenvalue weighted by Gasteiger charge is 2.26. The fraction of sp³-hybridized carbons (Fsp3) is 0.500. The van der Waals surface area contributed by atoms with Gasteiger partial charge in [-0.15, -0.1) is 12.4 Å². The van der Waals surface area contributed by atoms with Gasteiger partial charge in [-0.1, -0.05) is 19.1 Å². The first kappa shape index (κ1) is 18.6. The van der Waals surface area contributed by atoms with Gasteiger partial charge in [0.1, 0.15) is 5.82 Å². The first-order chi connectivity index (χ1) is 9.99. The van der Waals surface area contributed by atoms with Gasteiger partial charge in [0.15, 0.2) is 5.78 Å². The Morgan fingerprint density at radius 1 is 1.45 bits per heavy atom. The summed E-state index contributed by atoms with van der Waals surface area (Å²) < 4.78 is 13.2. The Balaban J connectivity index is 0.00000242. The SMILES string of the molecule is CC(CC(=O)N1CCNC[C@H]1C)C(=O)c1cccc(F)c1.Cl. The van der Waals surface area contributed by atoms with Crippen LogP contribution in [0.2, 0.25) is 0 Å². The number of benzene rings is 1. The molecule has 1 fully saturated rings. The standard InChI is InChI=1S/C16H21FN2O2.ClH/c1-11(16(21)13-4-3-5-14(17)9-13)8-15(20)19-7-6-18-10-12(19)2;/h3-5,9,11-12,18H,6-8,10H2,1-2H3;1H/t11?,12-;/m1./s1. The van der Waals surface area contributed by atoms with Gasteiger partial charge in [0.05, 0.1) is 0 Å². The molecule has 0 spiro atoms. The van der Waals surface area contributed by atoms with E-state index in [1.54, 1.807) is 13.0 Å². The van der Waals surface area contributed by atoms with Gasteiger partial charge in [-0.2, -0.15) is 0 Å². The third-order valence-electron chi connectivity index (χ3n) is 3.86. The minimum Gasteiger partial charge on any atom is -0.337 e. The number of carbonyl (C=O) groups is 2. The number of hydrogen-bond acceptors (Lipinski definition) is 3. The molecule has 0 aliphatic carbocycles. The van der Waals surface area contributed by atoms with Gasteiger partial charge in [0.25, 0.3) is 0 Å². The Hall–Kier alpha value is -1.46. The number of nitrogens with zero attached hydrogens (tertiary/aromatic N) is 1. The van der Waals surface area contributed by atoms with E-state index in [2.05, 4.69) is 5.32 Å². The number of Topliss-reactive ketones (excluding diaryl/α,β-unsaturated/α-hetero) is 1. The molecule has 1 aliphatic rings. The molecule has 0 radical (unpaired) electrons. The highest BCUT2D eigenvalue weighted by atomic mass is 35.5. The second-order valence-corrected chi connectivity index (χ2v) is 5.62. The van der Waals surface area contributed by atoms with Crippen LogP contribution in [0.25, 0.3) is 0 Å². The normalized spacial score (nSPS) is 19.2. The molecule has 2 atom stereocenters. The van der Waals surface area contributed by atoms with Crippen LogP contribution in [0.15, 0.2) is 24.3 Å². The molecule has 1 heterocycles. The van der Waals surface area contributed by atoms with Gasteiger partial charge in [0.2, 0.25) is 5.91 Å². The lowest BCUT2D eigenvalue weighted by atomic mass is 9.95. The average molecular weight is 329 g/mol. The first-order valence-corrected chi connectivity index (χ1v) is 7.29. The summed E-state index contributed by atoms with van der Waals surface area (Å²) in [6, 6.07) is 5.75. The van der Waals surface area contributed by atoms with Crippen molar-refractivity contribution in [3.63, 3.8) is 0 Å². The van der Waals surface area contributed by atoms with Crippen LogP contribution in [-0.4, -0.2) is 42.3 Å². The number of piperazine rings is 1. The molecular formula is C16H22ClFN2O2. The Morgan fingerprint density at radius 2 is 2.18 bits per heavy atom. The van der Waals surface area contributed by atoms with E-state index >= 15 is 0 Å². The molecule has 0 saturated carbocycles. The highest BCUT2D eigenvalue weighted by Crippen LogP contribution is 2.16. The van der Waals surface area contributed by atoms with E-state index in [0.29, 0.717) is 12.1 Å². The van der Waals surface area contributed by atoms with E-state index in [1.807, 2.05) is 11.8 Å². The van der Waals surface area contributed by atoms with Crippen LogP contribution in [0, 0.1) is 11.7 Å². The van der Waals surface area contributed by atoms with Crippen molar-refractivity contribution >= 4 is 24.1 Å². The number of hydrogen-bond donors (Lipinski definition) is 1. The number of amides is 1. The molecule has 122 valence electrons. The van der Waals surface area contributed by atoms with Crippen LogP contribution in [-0.2, 0) is 4.79 Å². The van der Waals surface area contributed by atoms with Crippen molar-refractivity contribution in [1.82, 2.24) is 10.2 Å². The minimum absolute atomic E-state index is 0. The van der Waals surface area contributed by atoms with E-state index in [4.69, 9.17) is 0 Å². The van der Waals surface area contributed by atoms with E-state index in [-0.39, 0.29) is 36.6 Å². The Morgan fingerprint density at radius 3 is 2.82 bits per heavy atom. The number of ketones is 1. The predicted octanol–water partition coefficient (Wildman–Crippen LogP) is 2.28. The molecule has 4 nitrogen and oxygen atoms in total. The number of rotatable bonds is 4. The largest absolute Gasteiger partial charge is 0.337 e. The summed E-state index contributed by atoms with van der Waals surface area (Å²) >= 11 is 0. The van der Waals surface area contributed by atoms with Crippen molar-refractivity contribution in [2.24, 2.45) is 5.92 Å². The molecule has 1 aromatic carbocycles. The van der Waals surface area contributed by atoms with E-state index in [0.717, 1.165) is 13.1 Å². The molecule has 1 N–H and O–H groups in total. The molecule has 1 saturated heterocycles. The lowest BCUT2D eigenvalue weighted by Crippen LogP contribution is -2.52. The highest BCUT2D eigenvalue weighted by molar-refractivity contribution is 5.99. The first-order valence-electron chi connectivity index (χ1n) is 7.29. The van der Waals surface area contributed by atoms with Gasteiger partial charge in [0, 0.05) is 43.6 Å². The summed E-state index contributed by atoms with van der Waals surface area (Å²) in [5.74, 6) is -1.08. The van der Waals surface area contributed by atoms with Crippen LogP contribution >= 0.6 is 12.4 Å². The second-order valence-electron chi connectivity index (χ2n) is 5.62. The monoisotopic (exact) mass is 328 g/mol. The molecule has 22 heavy (non-hydrogen) atoms. The van der Waals surface area contributed by atoms with Crippen molar-refractivity contribution in [2.45, 2.75) is 26.3 Å². The fourth-order valence-corrected chi connectivity index (χ4v) is 2.61. The van der Waals surface area contributed by atoms with Crippen molar-refractivity contribution in [3.05, 3.63) is 35.6 Å². The third kappa shape index (κ3) is 4.52. The maximum atomic E-state index is 13.2. The van der Waals surface area contributed by atoms with Gasteiger partial charge < -0.3 is 10.2 Å². The van der Waals surface area contributed by atoms with Crippen molar-refractivity contribution in [2.75, 3.05) is 19.6 Å². The van der Waals surface area contributed by atoms with Gasteiger partial charge in [-0.25, -0.2) is 4.39 Å². The van der Waals surface area contributed by atoms with Crippen molar-refractivity contribution in [3.8, 4) is 0 Å². The lowest BCUT2D eigenvalue weighted by Gasteiger charge is -2.34. The summed E-state index contributed by atoms with van der Waals surface area (Å²) in [4.78, 5) is 26.4. The lowest BCUT2D eigenvalue weighted by molar-refractivity contribution is -0.134. The number of halogens is 2. The zero-order valence-electron chi connectivity index (χ0n) is 12.8. The van der Waals surface area contributed by atoms with E-state index < -0.39 is 11.7 Å². The topological polar surface area (TPSA) is 49.4 Å². The average Bonchev–Trinajstić information content (AvgIpc) is 2.46. The Kier molecular flexibility index (Phi) is 6.97. The van der Waals surface area contributed by atoms with Crippen molar-refractivity contribution < 1.29 is 14.0 Å². The van der Waals surface area contributed by atoms with Crippen LogP contribution in [0.3, 0.4) is 0 Å². The van der Waals surface area contributed by atoms with Gasteiger partial charge in [-0.3, -0.25) is 9.59 Å². The third-order valence-corrected chi connectivity index (χ3v) is 3.86. The summed E-state index contributed by atoms with van der Waals surface area (Å²) in [6.07, 6.45) is 0.166. The molecule has 2 rings (SSSR count). The molecule has 6 heteroatoms. The predicted molar refractivity (Wildman–Crippen MR) is 85.8 cm³/mol. The zero-order chi connectivity index (χ0) is 15.4. The maximum Gasteiger partial charge on any atom is 0.223 e. The Bertz CT molecular complexity index is 539.